The third kappa shape index (κ3) is 5.65. The predicted octanol–water partition coefficient (Wildman–Crippen LogP) is 1.11. The summed E-state index contributed by atoms with van der Waals surface area (Å²) in [6, 6.07) is 8.72. The van der Waals surface area contributed by atoms with Crippen molar-refractivity contribution in [1.82, 2.24) is 5.32 Å². The summed E-state index contributed by atoms with van der Waals surface area (Å²) < 4.78 is 5.05. The smallest absolute Gasteiger partial charge is 0.305 e. The van der Waals surface area contributed by atoms with Gasteiger partial charge in [-0.25, -0.2) is 0 Å². The normalized spacial score (nSPS) is 10.4. The van der Waals surface area contributed by atoms with Crippen LogP contribution in [0.15, 0.2) is 36.0 Å². The van der Waals surface area contributed by atoms with Crippen LogP contribution < -0.4 is 15.4 Å². The van der Waals surface area contributed by atoms with Crippen molar-refractivity contribution in [2.45, 2.75) is 6.42 Å². The van der Waals surface area contributed by atoms with E-state index in [4.69, 9.17) is 15.1 Å². The van der Waals surface area contributed by atoms with Gasteiger partial charge in [0.15, 0.2) is 0 Å². The number of anilines is 1. The Labute approximate surface area is 121 Å². The number of ether oxygens (including phenoxy) is 1. The minimum atomic E-state index is -1.02. The summed E-state index contributed by atoms with van der Waals surface area (Å²) in [6.07, 6.45) is 1.05. The van der Waals surface area contributed by atoms with E-state index in [0.29, 0.717) is 11.4 Å². The number of nitriles is 1. The third-order valence-corrected chi connectivity index (χ3v) is 2.44. The lowest BCUT2D eigenvalue weighted by Gasteiger charge is -2.05. The van der Waals surface area contributed by atoms with Crippen LogP contribution >= 0.6 is 0 Å². The van der Waals surface area contributed by atoms with Crippen LogP contribution in [0.2, 0.25) is 0 Å². The molecule has 0 atom stereocenters. The molecule has 0 saturated heterocycles. The number of nitrogens with one attached hydrogen (secondary N) is 2. The molecule has 0 aliphatic rings. The number of hydrogen-bond acceptors (Lipinski definition) is 5. The van der Waals surface area contributed by atoms with Crippen LogP contribution in [-0.2, 0) is 9.59 Å². The van der Waals surface area contributed by atoms with Gasteiger partial charge in [-0.1, -0.05) is 6.07 Å². The molecule has 1 rings (SSSR count). The zero-order chi connectivity index (χ0) is 15.7. The number of carbonyl (C=O) groups excluding carboxylic acids is 1. The molecule has 0 radical (unpaired) electrons. The summed E-state index contributed by atoms with van der Waals surface area (Å²) >= 11 is 0. The van der Waals surface area contributed by atoms with Crippen molar-refractivity contribution in [3.63, 3.8) is 0 Å². The Balaban J connectivity index is 2.64. The van der Waals surface area contributed by atoms with Crippen molar-refractivity contribution < 1.29 is 19.4 Å². The molecular weight excluding hydrogens is 274 g/mol. The van der Waals surface area contributed by atoms with Gasteiger partial charge in [0.05, 0.1) is 13.5 Å². The number of carboxylic acid groups (broad SMARTS) is 1. The van der Waals surface area contributed by atoms with Crippen LogP contribution in [0.5, 0.6) is 5.75 Å². The Hall–Kier alpha value is -3.01. The molecule has 0 spiro atoms. The maximum Gasteiger partial charge on any atom is 0.305 e. The quantitative estimate of drug-likeness (QED) is 0.512. The maximum absolute atomic E-state index is 11.6. The third-order valence-electron chi connectivity index (χ3n) is 2.44. The van der Waals surface area contributed by atoms with Gasteiger partial charge in [0.2, 0.25) is 0 Å². The highest BCUT2D eigenvalue weighted by molar-refractivity contribution is 5.97. The first-order valence-electron chi connectivity index (χ1n) is 6.07. The molecule has 21 heavy (non-hydrogen) atoms. The second-order valence-electron chi connectivity index (χ2n) is 3.95. The minimum absolute atomic E-state index is 0.0354. The van der Waals surface area contributed by atoms with Crippen molar-refractivity contribution in [2.75, 3.05) is 19.0 Å². The Morgan fingerprint density at radius 2 is 2.24 bits per heavy atom. The number of amides is 1. The molecule has 1 amide bonds. The molecule has 0 fully saturated rings. The highest BCUT2D eigenvalue weighted by atomic mass is 16.5. The molecule has 1 aromatic carbocycles. The summed E-state index contributed by atoms with van der Waals surface area (Å²) in [5.74, 6) is -1.01. The van der Waals surface area contributed by atoms with Crippen LogP contribution in [-0.4, -0.2) is 30.6 Å². The SMILES string of the molecule is COc1cccc(N/C=C(/C#N)C(=O)NCCC(=O)O)c1. The highest BCUT2D eigenvalue weighted by Crippen LogP contribution is 2.16. The highest BCUT2D eigenvalue weighted by Gasteiger charge is 2.08. The number of aliphatic carboxylic acids is 1. The predicted molar refractivity (Wildman–Crippen MR) is 75.6 cm³/mol. The van der Waals surface area contributed by atoms with Crippen LogP contribution in [0.25, 0.3) is 0 Å². The molecule has 7 heteroatoms. The Morgan fingerprint density at radius 1 is 1.48 bits per heavy atom. The number of carbonyl (C=O) groups is 2. The second kappa shape index (κ2) is 8.22. The Morgan fingerprint density at radius 3 is 2.86 bits per heavy atom. The molecule has 7 nitrogen and oxygen atoms in total. The lowest BCUT2D eigenvalue weighted by Crippen LogP contribution is -2.27. The number of hydrogen-bond donors (Lipinski definition) is 3. The van der Waals surface area contributed by atoms with Crippen molar-refractivity contribution in [2.24, 2.45) is 0 Å². The molecule has 1 aromatic rings. The average molecular weight is 289 g/mol. The summed E-state index contributed by atoms with van der Waals surface area (Å²) in [5, 5.41) is 22.5. The molecule has 0 saturated carbocycles. The van der Waals surface area contributed by atoms with Crippen LogP contribution in [0.3, 0.4) is 0 Å². The number of rotatable bonds is 7. The fraction of sp³-hybridized carbons (Fsp3) is 0.214. The molecule has 0 aliphatic carbocycles. The molecule has 3 N–H and O–H groups in total. The maximum atomic E-state index is 11.6. The van der Waals surface area contributed by atoms with E-state index >= 15 is 0 Å². The van der Waals surface area contributed by atoms with Crippen molar-refractivity contribution in [1.29, 1.82) is 5.26 Å². The van der Waals surface area contributed by atoms with E-state index in [0.717, 1.165) is 0 Å². The van der Waals surface area contributed by atoms with Crippen molar-refractivity contribution in [3.05, 3.63) is 36.0 Å². The molecule has 0 aliphatic heterocycles. The molecule has 0 unspecified atom stereocenters. The van der Waals surface area contributed by atoms with E-state index in [-0.39, 0.29) is 18.5 Å². The molecule has 0 bridgehead atoms. The minimum Gasteiger partial charge on any atom is -0.497 e. The largest absolute Gasteiger partial charge is 0.497 e. The van der Waals surface area contributed by atoms with E-state index in [1.807, 2.05) is 0 Å². The first-order chi connectivity index (χ1) is 10.1. The fourth-order valence-electron chi connectivity index (χ4n) is 1.40. The standard InChI is InChI=1S/C14H15N3O4/c1-21-12-4-2-3-11(7-12)17-9-10(8-15)14(20)16-6-5-13(18)19/h2-4,7,9,17H,5-6H2,1H3,(H,16,20)(H,18,19)/b10-9-. The topological polar surface area (TPSA) is 111 Å². The number of benzene rings is 1. The molecule has 0 aromatic heterocycles. The van der Waals surface area contributed by atoms with Gasteiger partial charge in [0.25, 0.3) is 5.91 Å². The lowest BCUT2D eigenvalue weighted by molar-refractivity contribution is -0.136. The summed E-state index contributed by atoms with van der Waals surface area (Å²) in [6.45, 7) is -0.0354. The molecule has 110 valence electrons. The van der Waals surface area contributed by atoms with E-state index in [2.05, 4.69) is 10.6 Å². The zero-order valence-corrected chi connectivity index (χ0v) is 11.4. The monoisotopic (exact) mass is 289 g/mol. The van der Waals surface area contributed by atoms with E-state index in [1.165, 1.54) is 13.3 Å². The first kappa shape index (κ1) is 16.0. The van der Waals surface area contributed by atoms with Gasteiger partial charge in [0.1, 0.15) is 17.4 Å². The van der Waals surface area contributed by atoms with Gasteiger partial charge in [0, 0.05) is 24.5 Å². The van der Waals surface area contributed by atoms with Gasteiger partial charge < -0.3 is 20.5 Å². The molecular formula is C14H15N3O4. The van der Waals surface area contributed by atoms with E-state index in [1.54, 1.807) is 30.3 Å². The van der Waals surface area contributed by atoms with Crippen LogP contribution in [0, 0.1) is 11.3 Å². The second-order valence-corrected chi connectivity index (χ2v) is 3.95. The van der Waals surface area contributed by atoms with Gasteiger partial charge in [-0.05, 0) is 12.1 Å². The number of methoxy groups -OCH3 is 1. The first-order valence-corrected chi connectivity index (χ1v) is 6.07. The van der Waals surface area contributed by atoms with E-state index < -0.39 is 11.9 Å². The fourth-order valence-corrected chi connectivity index (χ4v) is 1.40. The van der Waals surface area contributed by atoms with Crippen molar-refractivity contribution in [3.8, 4) is 11.8 Å². The van der Waals surface area contributed by atoms with E-state index in [9.17, 15) is 9.59 Å². The number of nitrogens with zero attached hydrogens (tertiary/aromatic N) is 1. The van der Waals surface area contributed by atoms with Crippen molar-refractivity contribution >= 4 is 17.6 Å². The summed E-state index contributed by atoms with van der Waals surface area (Å²) in [4.78, 5) is 22.0. The Bertz CT molecular complexity index is 590. The van der Waals surface area contributed by atoms with Gasteiger partial charge in [-0.15, -0.1) is 0 Å². The molecule has 0 heterocycles. The zero-order valence-electron chi connectivity index (χ0n) is 11.4. The lowest BCUT2D eigenvalue weighted by atomic mass is 10.2. The Kier molecular flexibility index (Phi) is 6.28. The van der Waals surface area contributed by atoms with Gasteiger partial charge in [-0.3, -0.25) is 9.59 Å². The summed E-state index contributed by atoms with van der Waals surface area (Å²) in [7, 11) is 1.53. The van der Waals surface area contributed by atoms with Gasteiger partial charge in [-0.2, -0.15) is 5.26 Å². The summed E-state index contributed by atoms with van der Waals surface area (Å²) in [5.41, 5.74) is 0.503. The van der Waals surface area contributed by atoms with Crippen LogP contribution in [0.4, 0.5) is 5.69 Å². The average Bonchev–Trinajstić information content (AvgIpc) is 2.47. The van der Waals surface area contributed by atoms with Gasteiger partial charge >= 0.3 is 5.97 Å². The van der Waals surface area contributed by atoms with Crippen LogP contribution in [0.1, 0.15) is 6.42 Å². The number of carboxylic acids is 1.